The molecule has 88 valence electrons. The Labute approximate surface area is 97.7 Å². The highest BCUT2D eigenvalue weighted by molar-refractivity contribution is 5.42. The van der Waals surface area contributed by atoms with Gasteiger partial charge in [-0.2, -0.15) is 0 Å². The average molecular weight is 219 g/mol. The van der Waals surface area contributed by atoms with Crippen LogP contribution in [0.5, 0.6) is 0 Å². The van der Waals surface area contributed by atoms with Crippen LogP contribution >= 0.6 is 0 Å². The molecule has 2 rings (SSSR count). The maximum atomic E-state index is 6.06. The number of hydrogen-bond acceptors (Lipinski definition) is 3. The monoisotopic (exact) mass is 219 g/mol. The van der Waals surface area contributed by atoms with Crippen molar-refractivity contribution in [3.63, 3.8) is 0 Å². The lowest BCUT2D eigenvalue weighted by atomic mass is 9.97. The summed E-state index contributed by atoms with van der Waals surface area (Å²) in [4.78, 5) is 6.84. The number of pyridine rings is 1. The van der Waals surface area contributed by atoms with Crippen LogP contribution < -0.4 is 10.6 Å². The summed E-state index contributed by atoms with van der Waals surface area (Å²) in [6.07, 6.45) is 5.61. The fourth-order valence-electron chi connectivity index (χ4n) is 2.47. The summed E-state index contributed by atoms with van der Waals surface area (Å²) in [6, 6.07) is 4.85. The summed E-state index contributed by atoms with van der Waals surface area (Å²) in [6.45, 7) is 5.29. The van der Waals surface area contributed by atoms with Crippen molar-refractivity contribution < 1.29 is 0 Å². The van der Waals surface area contributed by atoms with Crippen LogP contribution in [0.15, 0.2) is 18.3 Å². The molecule has 16 heavy (non-hydrogen) atoms. The van der Waals surface area contributed by atoms with E-state index < -0.39 is 0 Å². The van der Waals surface area contributed by atoms with Gasteiger partial charge in [0.2, 0.25) is 0 Å². The van der Waals surface area contributed by atoms with E-state index in [0.717, 1.165) is 12.4 Å². The van der Waals surface area contributed by atoms with Crippen molar-refractivity contribution in [1.29, 1.82) is 0 Å². The van der Waals surface area contributed by atoms with Crippen LogP contribution in [0.4, 0.5) is 5.82 Å². The Kier molecular flexibility index (Phi) is 3.44. The quantitative estimate of drug-likeness (QED) is 0.828. The van der Waals surface area contributed by atoms with Gasteiger partial charge in [0.15, 0.2) is 0 Å². The predicted octanol–water partition coefficient (Wildman–Crippen LogP) is 2.10. The average Bonchev–Trinajstić information content (AvgIpc) is 2.29. The molecule has 2 atom stereocenters. The van der Waals surface area contributed by atoms with E-state index in [9.17, 15) is 0 Å². The van der Waals surface area contributed by atoms with Gasteiger partial charge in [-0.05, 0) is 50.8 Å². The molecule has 1 fully saturated rings. The largest absolute Gasteiger partial charge is 0.352 e. The molecule has 1 aromatic heterocycles. The van der Waals surface area contributed by atoms with Crippen molar-refractivity contribution >= 4 is 5.82 Å². The molecule has 1 aromatic rings. The topological polar surface area (TPSA) is 42.2 Å². The van der Waals surface area contributed by atoms with Gasteiger partial charge in [0, 0.05) is 24.8 Å². The van der Waals surface area contributed by atoms with Crippen LogP contribution in [0.25, 0.3) is 0 Å². The standard InChI is InChI=1S/C13H21N3/c1-10-6-7-15-13(9-10)16-8-4-3-5-12(16)11(2)14/h6-7,9,11-12H,3-5,8,14H2,1-2H3. The van der Waals surface area contributed by atoms with Crippen molar-refractivity contribution in [2.24, 2.45) is 5.73 Å². The molecule has 2 N–H and O–H groups in total. The zero-order valence-corrected chi connectivity index (χ0v) is 10.2. The van der Waals surface area contributed by atoms with Gasteiger partial charge in [0.05, 0.1) is 0 Å². The molecule has 2 unspecified atom stereocenters. The predicted molar refractivity (Wildman–Crippen MR) is 67.6 cm³/mol. The van der Waals surface area contributed by atoms with Gasteiger partial charge in [-0.3, -0.25) is 0 Å². The number of aryl methyl sites for hydroxylation is 1. The van der Waals surface area contributed by atoms with Gasteiger partial charge < -0.3 is 10.6 Å². The third-order valence-electron chi connectivity index (χ3n) is 3.35. The fraction of sp³-hybridized carbons (Fsp3) is 0.615. The SMILES string of the molecule is Cc1ccnc(N2CCCCC2C(C)N)c1. The number of anilines is 1. The van der Waals surface area contributed by atoms with E-state index in [-0.39, 0.29) is 6.04 Å². The first-order valence-electron chi connectivity index (χ1n) is 6.13. The lowest BCUT2D eigenvalue weighted by Gasteiger charge is -2.39. The van der Waals surface area contributed by atoms with Gasteiger partial charge in [-0.25, -0.2) is 4.98 Å². The van der Waals surface area contributed by atoms with E-state index >= 15 is 0 Å². The summed E-state index contributed by atoms with van der Waals surface area (Å²) >= 11 is 0. The molecular formula is C13H21N3. The molecule has 0 aliphatic carbocycles. The smallest absolute Gasteiger partial charge is 0.129 e. The zero-order chi connectivity index (χ0) is 11.5. The second kappa shape index (κ2) is 4.83. The van der Waals surface area contributed by atoms with Crippen molar-refractivity contribution in [3.05, 3.63) is 23.9 Å². The highest BCUT2D eigenvalue weighted by Crippen LogP contribution is 2.24. The number of aromatic nitrogens is 1. The molecule has 0 spiro atoms. The van der Waals surface area contributed by atoms with E-state index in [1.165, 1.54) is 24.8 Å². The molecule has 0 amide bonds. The molecule has 3 nitrogen and oxygen atoms in total. The van der Waals surface area contributed by atoms with E-state index in [1.54, 1.807) is 0 Å². The van der Waals surface area contributed by atoms with Gasteiger partial charge in [0.25, 0.3) is 0 Å². The molecule has 0 bridgehead atoms. The van der Waals surface area contributed by atoms with Crippen molar-refractivity contribution in [2.75, 3.05) is 11.4 Å². The number of rotatable bonds is 2. The minimum Gasteiger partial charge on any atom is -0.352 e. The Bertz CT molecular complexity index is 349. The lowest BCUT2D eigenvalue weighted by Crippen LogP contribution is -2.49. The van der Waals surface area contributed by atoms with E-state index in [1.807, 2.05) is 12.3 Å². The third-order valence-corrected chi connectivity index (χ3v) is 3.35. The van der Waals surface area contributed by atoms with Gasteiger partial charge in [-0.15, -0.1) is 0 Å². The Morgan fingerprint density at radius 2 is 2.31 bits per heavy atom. The Hall–Kier alpha value is -1.09. The molecular weight excluding hydrogens is 198 g/mol. The van der Waals surface area contributed by atoms with Gasteiger partial charge in [0.1, 0.15) is 5.82 Å². The molecule has 1 aliphatic heterocycles. The van der Waals surface area contributed by atoms with Crippen LogP contribution in [0.3, 0.4) is 0 Å². The zero-order valence-electron chi connectivity index (χ0n) is 10.2. The summed E-state index contributed by atoms with van der Waals surface area (Å²) < 4.78 is 0. The minimum atomic E-state index is 0.211. The lowest BCUT2D eigenvalue weighted by molar-refractivity contribution is 0.411. The summed E-state index contributed by atoms with van der Waals surface area (Å²) in [5.41, 5.74) is 7.33. The maximum absolute atomic E-state index is 6.06. The molecule has 1 aliphatic rings. The maximum Gasteiger partial charge on any atom is 0.129 e. The summed E-state index contributed by atoms with van der Waals surface area (Å²) in [7, 11) is 0. The van der Waals surface area contributed by atoms with E-state index in [0.29, 0.717) is 6.04 Å². The summed E-state index contributed by atoms with van der Waals surface area (Å²) in [5.74, 6) is 1.09. The minimum absolute atomic E-state index is 0.211. The molecule has 1 saturated heterocycles. The first-order valence-corrected chi connectivity index (χ1v) is 6.13. The molecule has 0 aromatic carbocycles. The highest BCUT2D eigenvalue weighted by Gasteiger charge is 2.26. The van der Waals surface area contributed by atoms with Crippen LogP contribution in [-0.2, 0) is 0 Å². The second-order valence-corrected chi connectivity index (χ2v) is 4.81. The van der Waals surface area contributed by atoms with Crippen LogP contribution in [-0.4, -0.2) is 23.6 Å². The van der Waals surface area contributed by atoms with Crippen LogP contribution in [0.1, 0.15) is 31.7 Å². The Morgan fingerprint density at radius 1 is 1.50 bits per heavy atom. The van der Waals surface area contributed by atoms with Crippen LogP contribution in [0, 0.1) is 6.92 Å². The number of nitrogens with two attached hydrogens (primary N) is 1. The van der Waals surface area contributed by atoms with E-state index in [2.05, 4.69) is 29.8 Å². The first-order chi connectivity index (χ1) is 7.68. The second-order valence-electron chi connectivity index (χ2n) is 4.81. The fourth-order valence-corrected chi connectivity index (χ4v) is 2.47. The number of nitrogens with zero attached hydrogens (tertiary/aromatic N) is 2. The van der Waals surface area contributed by atoms with Gasteiger partial charge in [-0.1, -0.05) is 0 Å². The van der Waals surface area contributed by atoms with Gasteiger partial charge >= 0.3 is 0 Å². The Morgan fingerprint density at radius 3 is 3.00 bits per heavy atom. The normalized spacial score (nSPS) is 23.2. The number of piperidine rings is 1. The van der Waals surface area contributed by atoms with E-state index in [4.69, 9.17) is 5.73 Å². The molecule has 3 heteroatoms. The molecule has 0 saturated carbocycles. The van der Waals surface area contributed by atoms with Crippen molar-refractivity contribution in [3.8, 4) is 0 Å². The highest BCUT2D eigenvalue weighted by atomic mass is 15.2. The summed E-state index contributed by atoms with van der Waals surface area (Å²) in [5, 5.41) is 0. The van der Waals surface area contributed by atoms with Crippen LogP contribution in [0.2, 0.25) is 0 Å². The Balaban J connectivity index is 2.23. The third kappa shape index (κ3) is 2.35. The first kappa shape index (κ1) is 11.4. The molecule has 0 radical (unpaired) electrons. The van der Waals surface area contributed by atoms with Crippen molar-refractivity contribution in [2.45, 2.75) is 45.2 Å². The molecule has 2 heterocycles. The van der Waals surface area contributed by atoms with Crippen molar-refractivity contribution in [1.82, 2.24) is 4.98 Å². The number of hydrogen-bond donors (Lipinski definition) is 1.